The van der Waals surface area contributed by atoms with Crippen LogP contribution in [0.4, 0.5) is 4.79 Å². The molecule has 0 bridgehead atoms. The summed E-state index contributed by atoms with van der Waals surface area (Å²) in [6.45, 7) is 5.48. The van der Waals surface area contributed by atoms with Crippen molar-refractivity contribution in [2.75, 3.05) is 6.54 Å². The van der Waals surface area contributed by atoms with Crippen molar-refractivity contribution in [2.45, 2.75) is 58.0 Å². The summed E-state index contributed by atoms with van der Waals surface area (Å²) in [6.07, 6.45) is 8.39. The summed E-state index contributed by atoms with van der Waals surface area (Å²) >= 11 is 0. The van der Waals surface area contributed by atoms with E-state index in [0.717, 1.165) is 12.1 Å². The summed E-state index contributed by atoms with van der Waals surface area (Å²) in [5, 5.41) is 3.18. The lowest BCUT2D eigenvalue weighted by atomic mass is 9.79. The van der Waals surface area contributed by atoms with Crippen molar-refractivity contribution in [1.29, 1.82) is 0 Å². The molecule has 4 nitrogen and oxygen atoms in total. The third-order valence-corrected chi connectivity index (χ3v) is 5.62. The Labute approximate surface area is 163 Å². The van der Waals surface area contributed by atoms with Crippen molar-refractivity contribution in [3.63, 3.8) is 0 Å². The number of urea groups is 1. The molecule has 1 saturated carbocycles. The number of amides is 2. The maximum Gasteiger partial charge on any atom is 0.317 e. The Hall–Kier alpha value is -2.36. The van der Waals surface area contributed by atoms with E-state index in [9.17, 15) is 4.79 Å². The number of carbonyl (C=O) groups excluding carboxylic acids is 1. The molecule has 1 heterocycles. The average Bonchev–Trinajstić information content (AvgIpc) is 2.72. The lowest BCUT2D eigenvalue weighted by molar-refractivity contribution is 0.176. The Morgan fingerprint density at radius 3 is 2.48 bits per heavy atom. The first kappa shape index (κ1) is 19.4. The van der Waals surface area contributed by atoms with E-state index in [1.165, 1.54) is 31.2 Å². The third-order valence-electron chi connectivity index (χ3n) is 5.62. The molecule has 0 atom stereocenters. The van der Waals surface area contributed by atoms with E-state index in [2.05, 4.69) is 54.5 Å². The van der Waals surface area contributed by atoms with Crippen LogP contribution in [0.5, 0.6) is 0 Å². The van der Waals surface area contributed by atoms with Crippen molar-refractivity contribution in [3.8, 4) is 0 Å². The van der Waals surface area contributed by atoms with Crippen molar-refractivity contribution in [2.24, 2.45) is 5.92 Å². The summed E-state index contributed by atoms with van der Waals surface area (Å²) in [5.74, 6) is 1.26. The van der Waals surface area contributed by atoms with Crippen LogP contribution in [0.15, 0.2) is 54.9 Å². The van der Waals surface area contributed by atoms with E-state index in [1.54, 1.807) is 6.20 Å². The zero-order valence-corrected chi connectivity index (χ0v) is 16.5. The first-order valence-corrected chi connectivity index (χ1v) is 10.1. The molecule has 1 aliphatic carbocycles. The van der Waals surface area contributed by atoms with Crippen molar-refractivity contribution in [1.82, 2.24) is 15.2 Å². The van der Waals surface area contributed by atoms with Gasteiger partial charge in [0.25, 0.3) is 0 Å². The normalized spacial score (nSPS) is 19.7. The smallest absolute Gasteiger partial charge is 0.317 e. The van der Waals surface area contributed by atoms with Crippen LogP contribution in [0.3, 0.4) is 0 Å². The summed E-state index contributed by atoms with van der Waals surface area (Å²) in [6, 6.07) is 14.9. The summed E-state index contributed by atoms with van der Waals surface area (Å²) in [5.41, 5.74) is 2.52. The van der Waals surface area contributed by atoms with Gasteiger partial charge in [-0.1, -0.05) is 36.4 Å². The molecule has 1 aromatic carbocycles. The molecule has 2 aromatic rings. The number of rotatable bonds is 6. The molecule has 0 spiro atoms. The predicted molar refractivity (Wildman–Crippen MR) is 109 cm³/mol. The van der Waals surface area contributed by atoms with E-state index in [0.29, 0.717) is 18.4 Å². The summed E-state index contributed by atoms with van der Waals surface area (Å²) in [4.78, 5) is 18.7. The van der Waals surface area contributed by atoms with Gasteiger partial charge in [0, 0.05) is 31.5 Å². The van der Waals surface area contributed by atoms with Crippen molar-refractivity contribution >= 4 is 6.03 Å². The van der Waals surface area contributed by atoms with Crippen LogP contribution in [-0.4, -0.2) is 28.5 Å². The topological polar surface area (TPSA) is 45.2 Å². The molecule has 144 valence electrons. The van der Waals surface area contributed by atoms with E-state index >= 15 is 0 Å². The van der Waals surface area contributed by atoms with E-state index < -0.39 is 0 Å². The highest BCUT2D eigenvalue weighted by Crippen LogP contribution is 2.35. The molecule has 1 fully saturated rings. The number of benzene rings is 1. The van der Waals surface area contributed by atoms with Gasteiger partial charge in [-0.2, -0.15) is 0 Å². The van der Waals surface area contributed by atoms with Gasteiger partial charge in [0.05, 0.1) is 0 Å². The number of aromatic nitrogens is 1. The SMILES string of the molecule is CC(C)N(Cc1cccnc1)C(=O)NCC1CCC(c2ccccc2)CC1. The van der Waals surface area contributed by atoms with Gasteiger partial charge >= 0.3 is 6.03 Å². The van der Waals surface area contributed by atoms with E-state index in [1.807, 2.05) is 23.2 Å². The predicted octanol–water partition coefficient (Wildman–Crippen LogP) is 4.98. The minimum absolute atomic E-state index is 0.0269. The molecule has 0 unspecified atom stereocenters. The number of hydrogen-bond acceptors (Lipinski definition) is 2. The Morgan fingerprint density at radius 2 is 1.85 bits per heavy atom. The van der Waals surface area contributed by atoms with Crippen LogP contribution in [0, 0.1) is 5.92 Å². The van der Waals surface area contributed by atoms with Crippen molar-refractivity contribution < 1.29 is 4.79 Å². The highest BCUT2D eigenvalue weighted by atomic mass is 16.2. The lowest BCUT2D eigenvalue weighted by Gasteiger charge is -2.31. The Kier molecular flexibility index (Phi) is 6.86. The molecule has 1 aliphatic rings. The number of carbonyl (C=O) groups is 1. The molecule has 0 radical (unpaired) electrons. The van der Waals surface area contributed by atoms with Gasteiger partial charge in [-0.25, -0.2) is 4.79 Å². The Morgan fingerprint density at radius 1 is 1.11 bits per heavy atom. The third kappa shape index (κ3) is 5.56. The number of nitrogens with zero attached hydrogens (tertiary/aromatic N) is 2. The van der Waals surface area contributed by atoms with Gasteiger partial charge in [0.15, 0.2) is 0 Å². The molecule has 2 amide bonds. The van der Waals surface area contributed by atoms with Crippen LogP contribution in [0.2, 0.25) is 0 Å². The fourth-order valence-electron chi connectivity index (χ4n) is 3.94. The van der Waals surface area contributed by atoms with Crippen LogP contribution >= 0.6 is 0 Å². The fraction of sp³-hybridized carbons (Fsp3) is 0.478. The summed E-state index contributed by atoms with van der Waals surface area (Å²) in [7, 11) is 0. The van der Waals surface area contributed by atoms with Crippen molar-refractivity contribution in [3.05, 3.63) is 66.0 Å². The first-order chi connectivity index (χ1) is 13.1. The second-order valence-electron chi connectivity index (χ2n) is 7.90. The zero-order valence-electron chi connectivity index (χ0n) is 16.5. The number of nitrogens with one attached hydrogen (secondary N) is 1. The maximum absolute atomic E-state index is 12.7. The molecule has 0 saturated heterocycles. The molecule has 1 aromatic heterocycles. The second kappa shape index (κ2) is 9.54. The molecule has 4 heteroatoms. The van der Waals surface area contributed by atoms with Gasteiger partial charge in [-0.15, -0.1) is 0 Å². The van der Waals surface area contributed by atoms with Crippen LogP contribution in [-0.2, 0) is 6.54 Å². The molecule has 27 heavy (non-hydrogen) atoms. The summed E-state index contributed by atoms with van der Waals surface area (Å²) < 4.78 is 0. The Bertz CT molecular complexity index is 694. The standard InChI is InChI=1S/C23H31N3O/c1-18(2)26(17-20-7-6-14-24-15-20)23(27)25-16-19-10-12-22(13-11-19)21-8-4-3-5-9-21/h3-9,14-15,18-19,22H,10-13,16-17H2,1-2H3,(H,25,27). The number of pyridine rings is 1. The van der Waals surface area contributed by atoms with Gasteiger partial charge in [-0.3, -0.25) is 4.98 Å². The first-order valence-electron chi connectivity index (χ1n) is 10.1. The molecular formula is C23H31N3O. The number of hydrogen-bond donors (Lipinski definition) is 1. The average molecular weight is 366 g/mol. The van der Waals surface area contributed by atoms with Gasteiger partial charge in [0.2, 0.25) is 0 Å². The molecule has 3 rings (SSSR count). The fourth-order valence-corrected chi connectivity index (χ4v) is 3.94. The largest absolute Gasteiger partial charge is 0.338 e. The van der Waals surface area contributed by atoms with Crippen LogP contribution in [0.25, 0.3) is 0 Å². The van der Waals surface area contributed by atoms with Gasteiger partial charge < -0.3 is 10.2 Å². The maximum atomic E-state index is 12.7. The highest BCUT2D eigenvalue weighted by molar-refractivity contribution is 5.74. The van der Waals surface area contributed by atoms with Gasteiger partial charge in [0.1, 0.15) is 0 Å². The van der Waals surface area contributed by atoms with Crippen LogP contribution < -0.4 is 5.32 Å². The lowest BCUT2D eigenvalue weighted by Crippen LogP contribution is -2.45. The molecule has 0 aliphatic heterocycles. The monoisotopic (exact) mass is 365 g/mol. The second-order valence-corrected chi connectivity index (χ2v) is 7.90. The minimum atomic E-state index is 0.0269. The molecule has 1 N–H and O–H groups in total. The Balaban J connectivity index is 1.47. The van der Waals surface area contributed by atoms with E-state index in [-0.39, 0.29) is 12.1 Å². The van der Waals surface area contributed by atoms with E-state index in [4.69, 9.17) is 0 Å². The minimum Gasteiger partial charge on any atom is -0.338 e. The quantitative estimate of drug-likeness (QED) is 0.785. The van der Waals surface area contributed by atoms with Crippen LogP contribution in [0.1, 0.15) is 56.6 Å². The highest BCUT2D eigenvalue weighted by Gasteiger charge is 2.24. The van der Waals surface area contributed by atoms with Gasteiger partial charge in [-0.05, 0) is 68.6 Å². The zero-order chi connectivity index (χ0) is 19.1. The molecular weight excluding hydrogens is 334 g/mol.